The van der Waals surface area contributed by atoms with E-state index in [9.17, 15) is 5.11 Å². The van der Waals surface area contributed by atoms with Gasteiger partial charge in [0.1, 0.15) is 6.33 Å². The zero-order chi connectivity index (χ0) is 23.8. The summed E-state index contributed by atoms with van der Waals surface area (Å²) in [5, 5.41) is 12.8. The van der Waals surface area contributed by atoms with Crippen LogP contribution in [0.3, 0.4) is 0 Å². The Hall–Kier alpha value is -3.47. The molecule has 0 atom stereocenters. The molecule has 10 nitrogen and oxygen atoms in total. The first-order chi connectivity index (χ1) is 17.1. The van der Waals surface area contributed by atoms with Crippen LogP contribution in [0.25, 0.3) is 11.4 Å². The van der Waals surface area contributed by atoms with Crippen LogP contribution in [0.1, 0.15) is 0 Å². The second-order valence-electron chi connectivity index (χ2n) is 9.35. The lowest BCUT2D eigenvalue weighted by molar-refractivity contribution is -0.0660. The maximum Gasteiger partial charge on any atom is 0.230 e. The molecule has 10 heteroatoms. The first-order valence-corrected chi connectivity index (χ1v) is 12.1. The fraction of sp³-hybridized carbons (Fsp3) is 0.400. The Morgan fingerprint density at radius 1 is 0.943 bits per heavy atom. The smallest absolute Gasteiger partial charge is 0.230 e. The van der Waals surface area contributed by atoms with Crippen LogP contribution in [0.2, 0.25) is 0 Å². The lowest BCUT2D eigenvalue weighted by atomic mass is 10.1. The number of nitrogens with zero attached hydrogens (tertiary/aromatic N) is 6. The van der Waals surface area contributed by atoms with Gasteiger partial charge in [0.2, 0.25) is 5.95 Å². The highest BCUT2D eigenvalue weighted by Crippen LogP contribution is 2.31. The van der Waals surface area contributed by atoms with Crippen molar-refractivity contribution in [1.29, 1.82) is 0 Å². The molecule has 3 aliphatic heterocycles. The van der Waals surface area contributed by atoms with Gasteiger partial charge >= 0.3 is 0 Å². The predicted octanol–water partition coefficient (Wildman–Crippen LogP) is 1.57. The van der Waals surface area contributed by atoms with Gasteiger partial charge in [-0.15, -0.1) is 0 Å². The minimum absolute atomic E-state index is 0.280. The second kappa shape index (κ2) is 9.29. The van der Waals surface area contributed by atoms with Crippen molar-refractivity contribution < 1.29 is 9.84 Å². The third kappa shape index (κ3) is 4.60. The molecule has 0 spiro atoms. The van der Waals surface area contributed by atoms with Crippen molar-refractivity contribution >= 4 is 28.7 Å². The summed E-state index contributed by atoms with van der Waals surface area (Å²) in [7, 11) is 0. The van der Waals surface area contributed by atoms with Gasteiger partial charge in [0.05, 0.1) is 36.7 Å². The van der Waals surface area contributed by atoms with Crippen molar-refractivity contribution in [1.82, 2.24) is 19.9 Å². The Kier molecular flexibility index (Phi) is 5.85. The summed E-state index contributed by atoms with van der Waals surface area (Å²) in [6.07, 6.45) is 1.22. The maximum absolute atomic E-state index is 9.55. The quantitative estimate of drug-likeness (QED) is 0.455. The molecule has 2 aromatic carbocycles. The van der Waals surface area contributed by atoms with Crippen LogP contribution >= 0.6 is 0 Å². The minimum Gasteiger partial charge on any atom is -0.397 e. The molecule has 0 radical (unpaired) electrons. The number of aromatic nitrogens is 3. The number of hydrogen-bond donors (Lipinski definition) is 3. The highest BCUT2D eigenvalue weighted by molar-refractivity contribution is 5.75. The zero-order valence-electron chi connectivity index (χ0n) is 19.5. The van der Waals surface area contributed by atoms with Crippen molar-refractivity contribution in [3.8, 4) is 11.4 Å². The van der Waals surface area contributed by atoms with Crippen molar-refractivity contribution in [3.63, 3.8) is 0 Å². The number of anilines is 5. The molecule has 3 fully saturated rings. The number of rotatable bonds is 6. The van der Waals surface area contributed by atoms with Crippen LogP contribution < -0.4 is 20.9 Å². The molecule has 4 heterocycles. The van der Waals surface area contributed by atoms with E-state index < -0.39 is 0 Å². The molecule has 3 aromatic rings. The molecule has 182 valence electrons. The average molecular weight is 475 g/mol. The van der Waals surface area contributed by atoms with Gasteiger partial charge in [-0.25, -0.2) is 9.97 Å². The Balaban J connectivity index is 1.09. The monoisotopic (exact) mass is 474 g/mol. The van der Waals surface area contributed by atoms with Crippen LogP contribution in [0, 0.1) is 0 Å². The normalized spacial score (nSPS) is 19.3. The Morgan fingerprint density at radius 3 is 2.37 bits per heavy atom. The van der Waals surface area contributed by atoms with E-state index in [2.05, 4.69) is 59.2 Å². The van der Waals surface area contributed by atoms with Gasteiger partial charge in [0.15, 0.2) is 5.82 Å². The van der Waals surface area contributed by atoms with E-state index in [0.717, 1.165) is 56.3 Å². The van der Waals surface area contributed by atoms with E-state index in [1.165, 1.54) is 12.0 Å². The minimum atomic E-state index is -0.280. The predicted molar refractivity (Wildman–Crippen MR) is 136 cm³/mol. The number of aliphatic hydroxyl groups excluding tert-OH is 1. The number of benzene rings is 2. The number of piperazine rings is 1. The standard InChI is InChI=1S/C25H30N8O2/c26-22-11-17(1-6-23(22)33-12-21(34)13-33)24-27-16-28-25(30-24)29-18-2-4-19(5-3-18)31-7-9-32(10-8-31)20-14-35-15-20/h1-6,11,16,20-21,34H,7-10,12-15,26H2,(H,27,28,29,30). The molecule has 1 aromatic heterocycles. The largest absolute Gasteiger partial charge is 0.397 e. The number of nitrogens with one attached hydrogen (secondary N) is 1. The van der Waals surface area contributed by atoms with Gasteiger partial charge in [-0.2, -0.15) is 4.98 Å². The van der Waals surface area contributed by atoms with Crippen molar-refractivity contribution in [3.05, 3.63) is 48.8 Å². The third-order valence-corrected chi connectivity index (χ3v) is 7.00. The van der Waals surface area contributed by atoms with Gasteiger partial charge in [-0.05, 0) is 42.5 Å². The lowest BCUT2D eigenvalue weighted by Crippen LogP contribution is -2.56. The van der Waals surface area contributed by atoms with Gasteiger partial charge in [0, 0.05) is 56.2 Å². The summed E-state index contributed by atoms with van der Waals surface area (Å²) in [6.45, 7) is 7.17. The summed E-state index contributed by atoms with van der Waals surface area (Å²) >= 11 is 0. The van der Waals surface area contributed by atoms with E-state index in [0.29, 0.717) is 36.6 Å². The summed E-state index contributed by atoms with van der Waals surface area (Å²) in [4.78, 5) is 20.2. The Morgan fingerprint density at radius 2 is 1.71 bits per heavy atom. The Labute approximate surface area is 204 Å². The molecule has 0 aliphatic carbocycles. The second-order valence-corrected chi connectivity index (χ2v) is 9.35. The summed E-state index contributed by atoms with van der Waals surface area (Å²) < 4.78 is 5.33. The molecule has 0 amide bonds. The number of aliphatic hydroxyl groups is 1. The molecule has 0 unspecified atom stereocenters. The maximum atomic E-state index is 9.55. The number of hydrogen-bond acceptors (Lipinski definition) is 10. The first-order valence-electron chi connectivity index (χ1n) is 12.1. The van der Waals surface area contributed by atoms with E-state index >= 15 is 0 Å². The van der Waals surface area contributed by atoms with Crippen LogP contribution in [0.5, 0.6) is 0 Å². The van der Waals surface area contributed by atoms with Crippen LogP contribution in [-0.4, -0.2) is 89.6 Å². The number of β-amino-alcohol motifs (C(OH)–C–C–N with tert-alkyl or cyclic N) is 1. The molecule has 4 N–H and O–H groups in total. The third-order valence-electron chi connectivity index (χ3n) is 7.00. The van der Waals surface area contributed by atoms with Crippen LogP contribution in [0.15, 0.2) is 48.8 Å². The van der Waals surface area contributed by atoms with Crippen LogP contribution in [0.4, 0.5) is 28.7 Å². The van der Waals surface area contributed by atoms with Crippen molar-refractivity contribution in [2.75, 3.05) is 73.3 Å². The topological polar surface area (TPSA) is 116 Å². The number of nitrogens with two attached hydrogens (primary N) is 1. The number of nitrogen functional groups attached to an aromatic ring is 1. The fourth-order valence-electron chi connectivity index (χ4n) is 4.79. The van der Waals surface area contributed by atoms with Gasteiger partial charge < -0.3 is 30.7 Å². The molecule has 35 heavy (non-hydrogen) atoms. The lowest BCUT2D eigenvalue weighted by Gasteiger charge is -2.43. The number of ether oxygens (including phenoxy) is 1. The van der Waals surface area contributed by atoms with E-state index in [1.807, 2.05) is 18.2 Å². The molecule has 3 aliphatic rings. The molecular weight excluding hydrogens is 444 g/mol. The van der Waals surface area contributed by atoms with Gasteiger partial charge in [-0.1, -0.05) is 0 Å². The highest BCUT2D eigenvalue weighted by atomic mass is 16.5. The highest BCUT2D eigenvalue weighted by Gasteiger charge is 2.29. The SMILES string of the molecule is Nc1cc(-c2ncnc(Nc3ccc(N4CCN(C5COC5)CC4)cc3)n2)ccc1N1CC(O)C1. The van der Waals surface area contributed by atoms with Gasteiger partial charge in [0.25, 0.3) is 0 Å². The molecular formula is C25H30N8O2. The summed E-state index contributed by atoms with van der Waals surface area (Å²) in [5.41, 5.74) is 10.8. The van der Waals surface area contributed by atoms with Crippen molar-refractivity contribution in [2.24, 2.45) is 0 Å². The summed E-state index contributed by atoms with van der Waals surface area (Å²) in [6, 6.07) is 14.8. The fourth-order valence-corrected chi connectivity index (χ4v) is 4.79. The van der Waals surface area contributed by atoms with E-state index in [1.54, 1.807) is 0 Å². The molecule has 6 rings (SSSR count). The van der Waals surface area contributed by atoms with Crippen LogP contribution in [-0.2, 0) is 4.74 Å². The van der Waals surface area contributed by atoms with Gasteiger partial charge in [-0.3, -0.25) is 4.90 Å². The van der Waals surface area contributed by atoms with E-state index in [4.69, 9.17) is 10.5 Å². The average Bonchev–Trinajstić information content (AvgIpc) is 2.82. The molecule has 0 bridgehead atoms. The zero-order valence-corrected chi connectivity index (χ0v) is 19.5. The first kappa shape index (κ1) is 22.0. The molecule has 3 saturated heterocycles. The van der Waals surface area contributed by atoms with E-state index in [-0.39, 0.29) is 6.10 Å². The Bertz CT molecular complexity index is 1170. The summed E-state index contributed by atoms with van der Waals surface area (Å²) in [5.74, 6) is 1.03. The molecule has 0 saturated carbocycles. The van der Waals surface area contributed by atoms with Crippen molar-refractivity contribution in [2.45, 2.75) is 12.1 Å².